The van der Waals surface area contributed by atoms with Gasteiger partial charge in [-0.2, -0.15) is 0 Å². The van der Waals surface area contributed by atoms with Gasteiger partial charge in [0.05, 0.1) is 25.2 Å². The lowest BCUT2D eigenvalue weighted by Crippen LogP contribution is -2.43. The summed E-state index contributed by atoms with van der Waals surface area (Å²) in [4.78, 5) is 2.38. The minimum absolute atomic E-state index is 0.100. The molecule has 1 atom stereocenters. The first-order valence-electron chi connectivity index (χ1n) is 9.42. The van der Waals surface area contributed by atoms with E-state index in [0.29, 0.717) is 24.7 Å². The Morgan fingerprint density at radius 1 is 1.07 bits per heavy atom. The average Bonchev–Trinajstić information content (AvgIpc) is 3.23. The monoisotopic (exact) mass is 420 g/mol. The van der Waals surface area contributed by atoms with Crippen LogP contribution in [-0.2, 0) is 14.8 Å². The highest BCUT2D eigenvalue weighted by Gasteiger charge is 2.26. The van der Waals surface area contributed by atoms with Crippen molar-refractivity contribution in [1.29, 1.82) is 0 Å². The number of hydrogen-bond acceptors (Lipinski definition) is 7. The normalized spacial score (nSPS) is 17.8. The van der Waals surface area contributed by atoms with Gasteiger partial charge in [0, 0.05) is 31.7 Å². The summed E-state index contributed by atoms with van der Waals surface area (Å²) in [5.74, 6) is 1.75. The van der Waals surface area contributed by atoms with Gasteiger partial charge in [-0.3, -0.25) is 4.90 Å². The Labute approximate surface area is 170 Å². The molecule has 2 heterocycles. The van der Waals surface area contributed by atoms with Crippen LogP contribution in [0.5, 0.6) is 17.2 Å². The van der Waals surface area contributed by atoms with E-state index in [1.165, 1.54) is 12.1 Å². The second kappa shape index (κ2) is 8.58. The van der Waals surface area contributed by atoms with Crippen LogP contribution in [0.25, 0.3) is 0 Å². The van der Waals surface area contributed by atoms with Gasteiger partial charge in [0.2, 0.25) is 16.8 Å². The molecule has 1 fully saturated rings. The van der Waals surface area contributed by atoms with Crippen molar-refractivity contribution in [2.45, 2.75) is 10.9 Å². The lowest BCUT2D eigenvalue weighted by atomic mass is 10.0. The van der Waals surface area contributed by atoms with Crippen molar-refractivity contribution in [3.05, 3.63) is 48.0 Å². The summed E-state index contributed by atoms with van der Waals surface area (Å²) in [7, 11) is -2.09. The first kappa shape index (κ1) is 20.0. The SMILES string of the molecule is COc1ccc(C(CNS(=O)(=O)c2ccc3c(c2)OCO3)N2CCOCC2)cc1. The van der Waals surface area contributed by atoms with E-state index in [1.807, 2.05) is 24.3 Å². The third-order valence-electron chi connectivity index (χ3n) is 5.11. The highest BCUT2D eigenvalue weighted by Crippen LogP contribution is 2.34. The van der Waals surface area contributed by atoms with Crippen molar-refractivity contribution in [3.63, 3.8) is 0 Å². The molecule has 2 aromatic rings. The molecule has 1 saturated heterocycles. The summed E-state index contributed by atoms with van der Waals surface area (Å²) in [5.41, 5.74) is 1.01. The summed E-state index contributed by atoms with van der Waals surface area (Å²) in [6.45, 7) is 3.07. The predicted molar refractivity (Wildman–Crippen MR) is 106 cm³/mol. The van der Waals surface area contributed by atoms with Gasteiger partial charge in [0.1, 0.15) is 5.75 Å². The van der Waals surface area contributed by atoms with Crippen LogP contribution in [0.3, 0.4) is 0 Å². The zero-order valence-corrected chi connectivity index (χ0v) is 17.0. The van der Waals surface area contributed by atoms with Crippen molar-refractivity contribution >= 4 is 10.0 Å². The number of morpholine rings is 1. The van der Waals surface area contributed by atoms with Crippen LogP contribution in [0.15, 0.2) is 47.4 Å². The maximum Gasteiger partial charge on any atom is 0.240 e. The van der Waals surface area contributed by atoms with Crippen LogP contribution < -0.4 is 18.9 Å². The molecule has 4 rings (SSSR count). The van der Waals surface area contributed by atoms with Gasteiger partial charge in [0.15, 0.2) is 11.5 Å². The summed E-state index contributed by atoms with van der Waals surface area (Å²) in [6.07, 6.45) is 0. The molecular weight excluding hydrogens is 396 g/mol. The molecule has 2 aromatic carbocycles. The molecule has 0 aromatic heterocycles. The number of rotatable bonds is 7. The molecule has 0 saturated carbocycles. The second-order valence-corrected chi connectivity index (χ2v) is 8.57. The lowest BCUT2D eigenvalue weighted by molar-refractivity contribution is 0.0172. The molecular formula is C20H24N2O6S. The molecule has 156 valence electrons. The van der Waals surface area contributed by atoms with E-state index in [1.54, 1.807) is 13.2 Å². The van der Waals surface area contributed by atoms with Crippen LogP contribution in [0, 0.1) is 0 Å². The maximum atomic E-state index is 12.9. The maximum absolute atomic E-state index is 12.9. The smallest absolute Gasteiger partial charge is 0.240 e. The summed E-state index contributed by atoms with van der Waals surface area (Å²) < 4.78 is 49.8. The van der Waals surface area contributed by atoms with Gasteiger partial charge < -0.3 is 18.9 Å². The van der Waals surface area contributed by atoms with E-state index in [2.05, 4.69) is 9.62 Å². The second-order valence-electron chi connectivity index (χ2n) is 6.80. The summed E-state index contributed by atoms with van der Waals surface area (Å²) in [6, 6.07) is 12.2. The Bertz CT molecular complexity index is 942. The minimum Gasteiger partial charge on any atom is -0.497 e. The summed E-state index contributed by atoms with van der Waals surface area (Å²) in [5, 5.41) is 0. The molecule has 8 nitrogen and oxygen atoms in total. The number of nitrogens with one attached hydrogen (secondary N) is 1. The molecule has 1 N–H and O–H groups in total. The number of benzene rings is 2. The highest BCUT2D eigenvalue weighted by molar-refractivity contribution is 7.89. The van der Waals surface area contributed by atoms with E-state index in [9.17, 15) is 8.42 Å². The zero-order valence-electron chi connectivity index (χ0n) is 16.2. The molecule has 0 aliphatic carbocycles. The van der Waals surface area contributed by atoms with Crippen LogP contribution in [-0.4, -0.2) is 60.1 Å². The predicted octanol–water partition coefficient (Wildman–Crippen LogP) is 1.78. The fraction of sp³-hybridized carbons (Fsp3) is 0.400. The van der Waals surface area contributed by atoms with Crippen LogP contribution in [0.4, 0.5) is 0 Å². The first-order chi connectivity index (χ1) is 14.1. The zero-order chi connectivity index (χ0) is 20.3. The third-order valence-corrected chi connectivity index (χ3v) is 6.53. The molecule has 0 bridgehead atoms. The van der Waals surface area contributed by atoms with Crippen molar-refractivity contribution in [2.24, 2.45) is 0 Å². The standard InChI is InChI=1S/C20H24N2O6S/c1-25-16-4-2-15(3-5-16)18(22-8-10-26-11-9-22)13-21-29(23,24)17-6-7-19-20(12-17)28-14-27-19/h2-7,12,18,21H,8-11,13-14H2,1H3. The van der Waals surface area contributed by atoms with Crippen molar-refractivity contribution in [2.75, 3.05) is 46.8 Å². The number of sulfonamides is 1. The molecule has 1 unspecified atom stereocenters. The average molecular weight is 420 g/mol. The van der Waals surface area contributed by atoms with Gasteiger partial charge >= 0.3 is 0 Å². The van der Waals surface area contributed by atoms with Crippen LogP contribution >= 0.6 is 0 Å². The first-order valence-corrected chi connectivity index (χ1v) is 10.9. The van der Waals surface area contributed by atoms with Crippen molar-refractivity contribution in [3.8, 4) is 17.2 Å². The molecule has 29 heavy (non-hydrogen) atoms. The summed E-state index contributed by atoms with van der Waals surface area (Å²) >= 11 is 0. The number of nitrogens with zero attached hydrogens (tertiary/aromatic N) is 1. The highest BCUT2D eigenvalue weighted by atomic mass is 32.2. The lowest BCUT2D eigenvalue weighted by Gasteiger charge is -2.35. The number of fused-ring (bicyclic) bond motifs is 1. The van der Waals surface area contributed by atoms with E-state index in [-0.39, 0.29) is 24.3 Å². The largest absolute Gasteiger partial charge is 0.497 e. The molecule has 0 amide bonds. The number of hydrogen-bond donors (Lipinski definition) is 1. The fourth-order valence-corrected chi connectivity index (χ4v) is 4.54. The fourth-order valence-electron chi connectivity index (χ4n) is 3.49. The topological polar surface area (TPSA) is 86.3 Å². The van der Waals surface area contributed by atoms with Crippen molar-refractivity contribution < 1.29 is 27.4 Å². The molecule has 0 radical (unpaired) electrons. The van der Waals surface area contributed by atoms with Gasteiger partial charge in [-0.05, 0) is 29.8 Å². The Hall–Kier alpha value is -2.33. The Balaban J connectivity index is 1.53. The van der Waals surface area contributed by atoms with E-state index in [0.717, 1.165) is 24.4 Å². The molecule has 2 aliphatic heterocycles. The van der Waals surface area contributed by atoms with Gasteiger partial charge in [-0.1, -0.05) is 12.1 Å². The van der Waals surface area contributed by atoms with Crippen molar-refractivity contribution in [1.82, 2.24) is 9.62 Å². The molecule has 0 spiro atoms. The number of ether oxygens (including phenoxy) is 4. The van der Waals surface area contributed by atoms with E-state index < -0.39 is 10.0 Å². The Kier molecular flexibility index (Phi) is 5.91. The van der Waals surface area contributed by atoms with Crippen LogP contribution in [0.2, 0.25) is 0 Å². The van der Waals surface area contributed by atoms with Crippen LogP contribution in [0.1, 0.15) is 11.6 Å². The van der Waals surface area contributed by atoms with Gasteiger partial charge in [0.25, 0.3) is 0 Å². The quantitative estimate of drug-likeness (QED) is 0.731. The minimum atomic E-state index is -3.70. The number of methoxy groups -OCH3 is 1. The van der Waals surface area contributed by atoms with E-state index >= 15 is 0 Å². The Morgan fingerprint density at radius 3 is 2.52 bits per heavy atom. The molecule has 2 aliphatic rings. The Morgan fingerprint density at radius 2 is 1.79 bits per heavy atom. The third kappa shape index (κ3) is 4.48. The molecule has 9 heteroatoms. The van der Waals surface area contributed by atoms with E-state index in [4.69, 9.17) is 18.9 Å². The van der Waals surface area contributed by atoms with Gasteiger partial charge in [-0.15, -0.1) is 0 Å². The van der Waals surface area contributed by atoms with Gasteiger partial charge in [-0.25, -0.2) is 13.1 Å².